The number of benzene rings is 1. The molecule has 2 heterocycles. The van der Waals surface area contributed by atoms with Gasteiger partial charge in [-0.2, -0.15) is 0 Å². The van der Waals surface area contributed by atoms with Gasteiger partial charge in [0.05, 0.1) is 25.0 Å². The number of pyridine rings is 1. The molecule has 0 aliphatic rings. The van der Waals surface area contributed by atoms with Crippen LogP contribution in [0.1, 0.15) is 11.3 Å². The fraction of sp³-hybridized carbons (Fsp3) is 0.133. The van der Waals surface area contributed by atoms with Crippen molar-refractivity contribution < 1.29 is 5.11 Å². The van der Waals surface area contributed by atoms with Crippen molar-refractivity contribution in [1.82, 2.24) is 9.38 Å². The molecule has 3 rings (SSSR count). The summed E-state index contributed by atoms with van der Waals surface area (Å²) in [7, 11) is 0. The fourth-order valence-electron chi connectivity index (χ4n) is 2.09. The summed E-state index contributed by atoms with van der Waals surface area (Å²) in [5, 5.41) is 12.5. The molecule has 2 aromatic heterocycles. The molecule has 0 atom stereocenters. The zero-order chi connectivity index (χ0) is 13.1. The first kappa shape index (κ1) is 11.7. The minimum atomic E-state index is 0.0606. The summed E-state index contributed by atoms with van der Waals surface area (Å²) in [6.07, 6.45) is 3.88. The Hall–Kier alpha value is -2.33. The number of fused-ring (bicyclic) bond motifs is 1. The quantitative estimate of drug-likeness (QED) is 0.751. The third-order valence-corrected chi connectivity index (χ3v) is 3.08. The second-order valence-electron chi connectivity index (χ2n) is 4.39. The van der Waals surface area contributed by atoms with E-state index in [0.29, 0.717) is 6.54 Å². The van der Waals surface area contributed by atoms with Crippen molar-refractivity contribution in [2.75, 3.05) is 5.32 Å². The number of aliphatic hydroxyl groups excluding tert-OH is 1. The van der Waals surface area contributed by atoms with Crippen LogP contribution in [0.15, 0.2) is 54.9 Å². The van der Waals surface area contributed by atoms with E-state index in [4.69, 9.17) is 5.11 Å². The Balaban J connectivity index is 1.78. The largest absolute Gasteiger partial charge is 0.392 e. The molecular weight excluding hydrogens is 238 g/mol. The molecule has 3 aromatic rings. The average molecular weight is 253 g/mol. The molecule has 0 fully saturated rings. The number of aromatic nitrogens is 2. The van der Waals surface area contributed by atoms with E-state index in [1.807, 2.05) is 54.9 Å². The summed E-state index contributed by atoms with van der Waals surface area (Å²) < 4.78 is 2.06. The lowest BCUT2D eigenvalue weighted by molar-refractivity contribution is 0.282. The molecule has 0 saturated carbocycles. The van der Waals surface area contributed by atoms with Crippen LogP contribution in [0, 0.1) is 0 Å². The van der Waals surface area contributed by atoms with Crippen LogP contribution in [0.2, 0.25) is 0 Å². The molecule has 0 spiro atoms. The Kier molecular flexibility index (Phi) is 3.16. The minimum Gasteiger partial charge on any atom is -0.392 e. The molecule has 0 bridgehead atoms. The van der Waals surface area contributed by atoms with Crippen LogP contribution in [0.4, 0.5) is 5.69 Å². The van der Waals surface area contributed by atoms with Gasteiger partial charge in [0, 0.05) is 11.9 Å². The maximum atomic E-state index is 9.11. The molecule has 4 nitrogen and oxygen atoms in total. The highest BCUT2D eigenvalue weighted by atomic mass is 16.3. The highest BCUT2D eigenvalue weighted by Crippen LogP contribution is 2.13. The third kappa shape index (κ3) is 2.44. The van der Waals surface area contributed by atoms with E-state index < -0.39 is 0 Å². The van der Waals surface area contributed by atoms with Gasteiger partial charge in [0.15, 0.2) is 0 Å². The Labute approximate surface area is 111 Å². The number of nitrogens with one attached hydrogen (secondary N) is 1. The van der Waals surface area contributed by atoms with Gasteiger partial charge in [-0.05, 0) is 29.8 Å². The van der Waals surface area contributed by atoms with Gasteiger partial charge >= 0.3 is 0 Å². The van der Waals surface area contributed by atoms with E-state index in [-0.39, 0.29) is 6.61 Å². The molecule has 0 unspecified atom stereocenters. The zero-order valence-corrected chi connectivity index (χ0v) is 10.5. The van der Waals surface area contributed by atoms with E-state index in [1.54, 1.807) is 0 Å². The van der Waals surface area contributed by atoms with Crippen molar-refractivity contribution in [1.29, 1.82) is 0 Å². The number of anilines is 1. The van der Waals surface area contributed by atoms with Gasteiger partial charge in [-0.25, -0.2) is 4.98 Å². The lowest BCUT2D eigenvalue weighted by Gasteiger charge is -2.07. The maximum Gasteiger partial charge on any atom is 0.136 e. The van der Waals surface area contributed by atoms with Crippen molar-refractivity contribution in [3.63, 3.8) is 0 Å². The molecule has 0 saturated heterocycles. The average Bonchev–Trinajstić information content (AvgIpc) is 2.89. The highest BCUT2D eigenvalue weighted by molar-refractivity contribution is 5.47. The number of hydrogen-bond donors (Lipinski definition) is 2. The molecule has 0 aliphatic carbocycles. The standard InChI is InChI=1S/C15H15N3O/c19-11-12-4-3-5-13(8-12)16-9-14-10-17-15-6-1-2-7-18(14)15/h1-8,10,16,19H,9,11H2. The topological polar surface area (TPSA) is 49.6 Å². The van der Waals surface area contributed by atoms with Gasteiger partial charge in [-0.3, -0.25) is 0 Å². The van der Waals surface area contributed by atoms with Crippen LogP contribution < -0.4 is 5.32 Å². The molecule has 1 aromatic carbocycles. The van der Waals surface area contributed by atoms with Crippen LogP contribution in [0.5, 0.6) is 0 Å². The van der Waals surface area contributed by atoms with E-state index in [2.05, 4.69) is 14.7 Å². The third-order valence-electron chi connectivity index (χ3n) is 3.08. The Morgan fingerprint density at radius 2 is 2.11 bits per heavy atom. The van der Waals surface area contributed by atoms with E-state index >= 15 is 0 Å². The fourth-order valence-corrected chi connectivity index (χ4v) is 2.09. The van der Waals surface area contributed by atoms with Crippen molar-refractivity contribution >= 4 is 11.3 Å². The van der Waals surface area contributed by atoms with Gasteiger partial charge in [-0.15, -0.1) is 0 Å². The lowest BCUT2D eigenvalue weighted by Crippen LogP contribution is -2.02. The Bertz CT molecular complexity index is 690. The molecular formula is C15H15N3O. The molecule has 0 aliphatic heterocycles. The molecule has 96 valence electrons. The summed E-state index contributed by atoms with van der Waals surface area (Å²) in [5.74, 6) is 0. The number of rotatable bonds is 4. The summed E-state index contributed by atoms with van der Waals surface area (Å²) in [5.41, 5.74) is 3.95. The molecule has 19 heavy (non-hydrogen) atoms. The smallest absolute Gasteiger partial charge is 0.136 e. The van der Waals surface area contributed by atoms with E-state index in [0.717, 1.165) is 22.6 Å². The first-order valence-corrected chi connectivity index (χ1v) is 6.21. The van der Waals surface area contributed by atoms with Gasteiger partial charge in [-0.1, -0.05) is 18.2 Å². The summed E-state index contributed by atoms with van der Waals surface area (Å²) >= 11 is 0. The molecule has 2 N–H and O–H groups in total. The highest BCUT2D eigenvalue weighted by Gasteiger charge is 2.02. The SMILES string of the molecule is OCc1cccc(NCc2cnc3ccccn23)c1. The summed E-state index contributed by atoms with van der Waals surface area (Å²) in [6.45, 7) is 0.755. The van der Waals surface area contributed by atoms with E-state index in [1.165, 1.54) is 0 Å². The molecule has 4 heteroatoms. The number of hydrogen-bond acceptors (Lipinski definition) is 3. The van der Waals surface area contributed by atoms with E-state index in [9.17, 15) is 0 Å². The summed E-state index contributed by atoms with van der Waals surface area (Å²) in [4.78, 5) is 4.35. The van der Waals surface area contributed by atoms with Crippen LogP contribution in [0.25, 0.3) is 5.65 Å². The predicted octanol–water partition coefficient (Wildman–Crippen LogP) is 2.44. The van der Waals surface area contributed by atoms with Crippen molar-refractivity contribution in [3.05, 3.63) is 66.1 Å². The van der Waals surface area contributed by atoms with Gasteiger partial charge in [0.25, 0.3) is 0 Å². The normalized spacial score (nSPS) is 10.8. The lowest BCUT2D eigenvalue weighted by atomic mass is 10.2. The number of nitrogens with zero attached hydrogens (tertiary/aromatic N) is 2. The minimum absolute atomic E-state index is 0.0606. The maximum absolute atomic E-state index is 9.11. The van der Waals surface area contributed by atoms with Gasteiger partial charge < -0.3 is 14.8 Å². The number of aliphatic hydroxyl groups is 1. The van der Waals surface area contributed by atoms with Crippen molar-refractivity contribution in [3.8, 4) is 0 Å². The predicted molar refractivity (Wildman–Crippen MR) is 74.9 cm³/mol. The Morgan fingerprint density at radius 3 is 3.00 bits per heavy atom. The van der Waals surface area contributed by atoms with Crippen LogP contribution >= 0.6 is 0 Å². The second kappa shape index (κ2) is 5.12. The summed E-state index contributed by atoms with van der Waals surface area (Å²) in [6, 6.07) is 13.7. The second-order valence-corrected chi connectivity index (χ2v) is 4.39. The van der Waals surface area contributed by atoms with Crippen LogP contribution in [0.3, 0.4) is 0 Å². The van der Waals surface area contributed by atoms with Crippen LogP contribution in [-0.4, -0.2) is 14.5 Å². The van der Waals surface area contributed by atoms with Gasteiger partial charge in [0.1, 0.15) is 5.65 Å². The Morgan fingerprint density at radius 1 is 1.16 bits per heavy atom. The van der Waals surface area contributed by atoms with Crippen molar-refractivity contribution in [2.24, 2.45) is 0 Å². The van der Waals surface area contributed by atoms with Crippen LogP contribution in [-0.2, 0) is 13.2 Å². The number of imidazole rings is 1. The first-order chi connectivity index (χ1) is 9.36. The first-order valence-electron chi connectivity index (χ1n) is 6.21. The molecule has 0 amide bonds. The van der Waals surface area contributed by atoms with Crippen molar-refractivity contribution in [2.45, 2.75) is 13.2 Å². The molecule has 0 radical (unpaired) electrons. The van der Waals surface area contributed by atoms with Gasteiger partial charge in [0.2, 0.25) is 0 Å². The monoisotopic (exact) mass is 253 g/mol. The zero-order valence-electron chi connectivity index (χ0n) is 10.5.